The molecule has 0 N–H and O–H groups in total. The molecular formula is C14H17FN2O2. The smallest absolute Gasteiger partial charge is 0.260 e. The topological polar surface area (TPSA) is 53.3 Å². The van der Waals surface area contributed by atoms with E-state index in [2.05, 4.69) is 6.07 Å². The van der Waals surface area contributed by atoms with Crippen LogP contribution in [-0.4, -0.2) is 30.5 Å². The normalized spacial score (nSPS) is 11.5. The first-order chi connectivity index (χ1) is 9.06. The minimum atomic E-state index is -0.350. The van der Waals surface area contributed by atoms with Crippen molar-refractivity contribution >= 4 is 5.91 Å². The molecule has 0 saturated carbocycles. The first-order valence-electron chi connectivity index (χ1n) is 6.12. The summed E-state index contributed by atoms with van der Waals surface area (Å²) in [5.74, 6) is -0.306. The third kappa shape index (κ3) is 4.96. The van der Waals surface area contributed by atoms with Crippen molar-refractivity contribution < 1.29 is 13.9 Å². The quantitative estimate of drug-likeness (QED) is 0.791. The standard InChI is InChI=1S/C14H17FN2O2/c1-3-17(9-11(2)8-16)14(18)10-19-13-6-4-12(15)5-7-13/h4-7,11H,3,9-10H2,1-2H3/t11-/m0/s1. The van der Waals surface area contributed by atoms with Gasteiger partial charge in [0.25, 0.3) is 5.91 Å². The summed E-state index contributed by atoms with van der Waals surface area (Å²) in [6, 6.07) is 7.57. The number of likely N-dealkylation sites (N-methyl/N-ethyl adjacent to an activating group) is 1. The van der Waals surface area contributed by atoms with Gasteiger partial charge in [0.2, 0.25) is 0 Å². The second kappa shape index (κ2) is 7.37. The van der Waals surface area contributed by atoms with Gasteiger partial charge in [-0.2, -0.15) is 5.26 Å². The summed E-state index contributed by atoms with van der Waals surface area (Å²) in [6.07, 6.45) is 0. The molecule has 1 aromatic rings. The Morgan fingerprint density at radius 2 is 2.11 bits per heavy atom. The van der Waals surface area contributed by atoms with Crippen molar-refractivity contribution in [3.05, 3.63) is 30.1 Å². The maximum atomic E-state index is 12.7. The van der Waals surface area contributed by atoms with Crippen molar-refractivity contribution in [3.8, 4) is 11.8 Å². The van der Waals surface area contributed by atoms with Gasteiger partial charge < -0.3 is 9.64 Å². The van der Waals surface area contributed by atoms with Crippen molar-refractivity contribution in [1.82, 2.24) is 4.90 Å². The van der Waals surface area contributed by atoms with Crippen LogP contribution in [0.25, 0.3) is 0 Å². The minimum absolute atomic E-state index is 0.113. The summed E-state index contributed by atoms with van der Waals surface area (Å²) in [5, 5.41) is 8.74. The zero-order valence-corrected chi connectivity index (χ0v) is 11.1. The molecule has 0 spiro atoms. The van der Waals surface area contributed by atoms with Crippen molar-refractivity contribution in [1.29, 1.82) is 5.26 Å². The highest BCUT2D eigenvalue weighted by atomic mass is 19.1. The van der Waals surface area contributed by atoms with Gasteiger partial charge in [-0.25, -0.2) is 4.39 Å². The number of benzene rings is 1. The lowest BCUT2D eigenvalue weighted by atomic mass is 10.2. The molecule has 0 fully saturated rings. The van der Waals surface area contributed by atoms with E-state index in [0.29, 0.717) is 18.8 Å². The maximum Gasteiger partial charge on any atom is 0.260 e. The van der Waals surface area contributed by atoms with Crippen LogP contribution in [0.4, 0.5) is 4.39 Å². The van der Waals surface area contributed by atoms with Crippen LogP contribution in [0.1, 0.15) is 13.8 Å². The Morgan fingerprint density at radius 3 is 2.63 bits per heavy atom. The van der Waals surface area contributed by atoms with E-state index in [4.69, 9.17) is 10.00 Å². The van der Waals surface area contributed by atoms with Gasteiger partial charge in [0.1, 0.15) is 11.6 Å². The lowest BCUT2D eigenvalue weighted by molar-refractivity contribution is -0.133. The van der Waals surface area contributed by atoms with E-state index in [1.54, 1.807) is 11.8 Å². The van der Waals surface area contributed by atoms with Crippen molar-refractivity contribution in [3.63, 3.8) is 0 Å². The van der Waals surface area contributed by atoms with E-state index in [0.717, 1.165) is 0 Å². The van der Waals surface area contributed by atoms with Crippen LogP contribution in [0.5, 0.6) is 5.75 Å². The van der Waals surface area contributed by atoms with Gasteiger partial charge in [-0.1, -0.05) is 0 Å². The van der Waals surface area contributed by atoms with Gasteiger partial charge in [0.15, 0.2) is 6.61 Å². The highest BCUT2D eigenvalue weighted by molar-refractivity contribution is 5.77. The fraction of sp³-hybridized carbons (Fsp3) is 0.429. The lowest BCUT2D eigenvalue weighted by Crippen LogP contribution is -2.37. The van der Waals surface area contributed by atoms with Crippen LogP contribution in [0.3, 0.4) is 0 Å². The third-order valence-corrected chi connectivity index (χ3v) is 2.63. The molecule has 0 radical (unpaired) electrons. The molecule has 0 aliphatic heterocycles. The molecule has 0 bridgehead atoms. The largest absolute Gasteiger partial charge is 0.484 e. The zero-order chi connectivity index (χ0) is 14.3. The van der Waals surface area contributed by atoms with Crippen LogP contribution >= 0.6 is 0 Å². The van der Waals surface area contributed by atoms with Gasteiger partial charge in [0, 0.05) is 13.1 Å². The van der Waals surface area contributed by atoms with Gasteiger partial charge in [-0.05, 0) is 38.1 Å². The number of halogens is 1. The van der Waals surface area contributed by atoms with E-state index >= 15 is 0 Å². The predicted octanol–water partition coefficient (Wildman–Crippen LogP) is 2.21. The SMILES string of the molecule is CCN(C[C@@H](C)C#N)C(=O)COc1ccc(F)cc1. The summed E-state index contributed by atoms with van der Waals surface area (Å²) in [6.45, 7) is 4.41. The number of amides is 1. The minimum Gasteiger partial charge on any atom is -0.484 e. The monoisotopic (exact) mass is 264 g/mol. The van der Waals surface area contributed by atoms with Gasteiger partial charge in [-0.3, -0.25) is 4.79 Å². The van der Waals surface area contributed by atoms with E-state index in [1.807, 2.05) is 6.92 Å². The number of nitriles is 1. The average Bonchev–Trinajstić information content (AvgIpc) is 2.43. The highest BCUT2D eigenvalue weighted by Gasteiger charge is 2.15. The molecule has 0 aromatic heterocycles. The number of hydrogen-bond donors (Lipinski definition) is 0. The molecule has 1 atom stereocenters. The number of ether oxygens (including phenoxy) is 1. The first-order valence-corrected chi connectivity index (χ1v) is 6.12. The Morgan fingerprint density at radius 1 is 1.47 bits per heavy atom. The molecule has 1 amide bonds. The number of nitrogens with zero attached hydrogens (tertiary/aromatic N) is 2. The van der Waals surface area contributed by atoms with Crippen LogP contribution in [0, 0.1) is 23.1 Å². The Hall–Kier alpha value is -2.09. The van der Waals surface area contributed by atoms with E-state index < -0.39 is 0 Å². The average molecular weight is 264 g/mol. The fourth-order valence-electron chi connectivity index (χ4n) is 1.55. The van der Waals surface area contributed by atoms with Crippen LogP contribution in [0.2, 0.25) is 0 Å². The number of rotatable bonds is 6. The number of carbonyl (C=O) groups is 1. The molecule has 0 heterocycles. The Bertz CT molecular complexity index is 454. The third-order valence-electron chi connectivity index (χ3n) is 2.63. The summed E-state index contributed by atoms with van der Waals surface area (Å²) in [5.41, 5.74) is 0. The Labute approximate surface area is 112 Å². The van der Waals surface area contributed by atoms with Gasteiger partial charge in [-0.15, -0.1) is 0 Å². The first kappa shape index (κ1) is 15.0. The summed E-state index contributed by atoms with van der Waals surface area (Å²) in [4.78, 5) is 13.5. The van der Waals surface area contributed by atoms with Crippen molar-refractivity contribution in [2.24, 2.45) is 5.92 Å². The predicted molar refractivity (Wildman–Crippen MR) is 68.9 cm³/mol. The zero-order valence-electron chi connectivity index (χ0n) is 11.1. The highest BCUT2D eigenvalue weighted by Crippen LogP contribution is 2.11. The molecule has 0 unspecified atom stereocenters. The molecule has 0 saturated heterocycles. The number of hydrogen-bond acceptors (Lipinski definition) is 3. The van der Waals surface area contributed by atoms with Crippen LogP contribution in [0.15, 0.2) is 24.3 Å². The van der Waals surface area contributed by atoms with E-state index in [-0.39, 0.29) is 24.2 Å². The summed E-state index contributed by atoms with van der Waals surface area (Å²) in [7, 11) is 0. The molecule has 4 nitrogen and oxygen atoms in total. The Kier molecular flexibility index (Phi) is 5.80. The molecule has 0 aliphatic carbocycles. The van der Waals surface area contributed by atoms with E-state index in [1.165, 1.54) is 24.3 Å². The summed E-state index contributed by atoms with van der Waals surface area (Å²) < 4.78 is 18.0. The van der Waals surface area contributed by atoms with Crippen molar-refractivity contribution in [2.45, 2.75) is 13.8 Å². The lowest BCUT2D eigenvalue weighted by Gasteiger charge is -2.21. The molecule has 0 aliphatic rings. The fourth-order valence-corrected chi connectivity index (χ4v) is 1.55. The van der Waals surface area contributed by atoms with Crippen molar-refractivity contribution in [2.75, 3.05) is 19.7 Å². The molecule has 102 valence electrons. The van der Waals surface area contributed by atoms with Crippen LogP contribution < -0.4 is 4.74 Å². The van der Waals surface area contributed by atoms with Gasteiger partial charge in [0.05, 0.1) is 12.0 Å². The molecule has 5 heteroatoms. The van der Waals surface area contributed by atoms with Crippen LogP contribution in [-0.2, 0) is 4.79 Å². The summed E-state index contributed by atoms with van der Waals surface area (Å²) >= 11 is 0. The number of carbonyl (C=O) groups excluding carboxylic acids is 1. The van der Waals surface area contributed by atoms with E-state index in [9.17, 15) is 9.18 Å². The second-order valence-electron chi connectivity index (χ2n) is 4.21. The molecule has 1 aromatic carbocycles. The second-order valence-corrected chi connectivity index (χ2v) is 4.21. The molecule has 19 heavy (non-hydrogen) atoms. The maximum absolute atomic E-state index is 12.7. The molecular weight excluding hydrogens is 247 g/mol. The Balaban J connectivity index is 2.49. The van der Waals surface area contributed by atoms with Gasteiger partial charge >= 0.3 is 0 Å². The molecule has 1 rings (SSSR count).